The van der Waals surface area contributed by atoms with Gasteiger partial charge in [-0.25, -0.2) is 9.97 Å². The lowest BCUT2D eigenvalue weighted by Gasteiger charge is -2.14. The molecule has 4 nitrogen and oxygen atoms in total. The van der Waals surface area contributed by atoms with Crippen molar-refractivity contribution in [3.63, 3.8) is 0 Å². The molecule has 0 aliphatic rings. The number of nitrogens with zero attached hydrogens (tertiary/aromatic N) is 4. The monoisotopic (exact) mass is 612 g/mol. The topological polar surface area (TPSA) is 35.6 Å². The lowest BCUT2D eigenvalue weighted by atomic mass is 10.0. The Morgan fingerprint density at radius 1 is 0.354 bits per heavy atom. The van der Waals surface area contributed by atoms with Gasteiger partial charge in [-0.3, -0.25) is 4.57 Å². The van der Waals surface area contributed by atoms with Crippen molar-refractivity contribution < 1.29 is 0 Å². The largest absolute Gasteiger partial charge is 0.309 e. The summed E-state index contributed by atoms with van der Waals surface area (Å²) in [5, 5.41) is 4.86. The molecule has 0 atom stereocenters. The van der Waals surface area contributed by atoms with Crippen LogP contribution < -0.4 is 0 Å². The third kappa shape index (κ3) is 3.96. The highest BCUT2D eigenvalue weighted by atomic mass is 15.1. The molecule has 10 aromatic rings. The first-order chi connectivity index (χ1) is 23.8. The smallest absolute Gasteiger partial charge is 0.165 e. The molecule has 10 rings (SSSR count). The van der Waals surface area contributed by atoms with E-state index in [-0.39, 0.29) is 0 Å². The lowest BCUT2D eigenvalue weighted by Crippen LogP contribution is -2.03. The first kappa shape index (κ1) is 26.7. The minimum absolute atomic E-state index is 0.824. The highest BCUT2D eigenvalue weighted by molar-refractivity contribution is 6.29. The van der Waals surface area contributed by atoms with E-state index in [9.17, 15) is 0 Å². The number of rotatable bonds is 4. The minimum Gasteiger partial charge on any atom is -0.309 e. The Kier molecular flexibility index (Phi) is 5.84. The zero-order valence-corrected chi connectivity index (χ0v) is 26.0. The summed E-state index contributed by atoms with van der Waals surface area (Å²) >= 11 is 0. The van der Waals surface area contributed by atoms with E-state index >= 15 is 0 Å². The SMILES string of the molecule is c1ccc(-c2cccc(-n3c4ccccc4c4c5c6ccccc6n(-c6nc7ccccc7nc6-c6ccccc6)c5ccc43)c2)cc1. The molecule has 0 aliphatic carbocycles. The van der Waals surface area contributed by atoms with Crippen LogP contribution in [0.1, 0.15) is 0 Å². The Balaban J connectivity index is 1.32. The van der Waals surface area contributed by atoms with Gasteiger partial charge in [-0.05, 0) is 59.7 Å². The van der Waals surface area contributed by atoms with Crippen LogP contribution in [-0.4, -0.2) is 19.1 Å². The van der Waals surface area contributed by atoms with Crippen LogP contribution in [0.15, 0.2) is 170 Å². The van der Waals surface area contributed by atoms with Crippen LogP contribution in [0.3, 0.4) is 0 Å². The maximum absolute atomic E-state index is 5.32. The summed E-state index contributed by atoms with van der Waals surface area (Å²) in [6.45, 7) is 0. The zero-order chi connectivity index (χ0) is 31.6. The lowest BCUT2D eigenvalue weighted by molar-refractivity contribution is 1.08. The summed E-state index contributed by atoms with van der Waals surface area (Å²) in [5.74, 6) is 0.824. The fraction of sp³-hybridized carbons (Fsp3) is 0. The first-order valence-corrected chi connectivity index (χ1v) is 16.3. The quantitative estimate of drug-likeness (QED) is 0.198. The molecule has 0 amide bonds. The first-order valence-electron chi connectivity index (χ1n) is 16.3. The molecule has 0 radical (unpaired) electrons. The maximum atomic E-state index is 5.32. The highest BCUT2D eigenvalue weighted by Crippen LogP contribution is 2.43. The van der Waals surface area contributed by atoms with E-state index in [1.165, 1.54) is 43.7 Å². The van der Waals surface area contributed by atoms with Gasteiger partial charge in [0.2, 0.25) is 0 Å². The van der Waals surface area contributed by atoms with Gasteiger partial charge in [0.15, 0.2) is 5.82 Å². The van der Waals surface area contributed by atoms with Crippen molar-refractivity contribution in [2.24, 2.45) is 0 Å². The Labute approximate surface area is 276 Å². The molecule has 224 valence electrons. The number of benzene rings is 7. The normalized spacial score (nSPS) is 11.8. The predicted molar refractivity (Wildman–Crippen MR) is 199 cm³/mol. The van der Waals surface area contributed by atoms with Crippen LogP contribution in [0.2, 0.25) is 0 Å². The Morgan fingerprint density at radius 3 is 1.56 bits per heavy atom. The fourth-order valence-electron chi connectivity index (χ4n) is 7.42. The van der Waals surface area contributed by atoms with Crippen molar-refractivity contribution >= 4 is 54.6 Å². The molecule has 0 fully saturated rings. The number of hydrogen-bond acceptors (Lipinski definition) is 2. The van der Waals surface area contributed by atoms with Gasteiger partial charge in [-0.1, -0.05) is 121 Å². The van der Waals surface area contributed by atoms with Crippen molar-refractivity contribution in [1.82, 2.24) is 19.1 Å². The molecule has 0 bridgehead atoms. The second-order valence-electron chi connectivity index (χ2n) is 12.2. The summed E-state index contributed by atoms with van der Waals surface area (Å²) in [6, 6.07) is 60.0. The Bertz CT molecular complexity index is 2830. The molecular weight excluding hydrogens is 585 g/mol. The van der Waals surface area contributed by atoms with E-state index in [1.807, 2.05) is 30.3 Å². The zero-order valence-electron chi connectivity index (χ0n) is 26.0. The molecule has 0 spiro atoms. The van der Waals surface area contributed by atoms with Crippen molar-refractivity contribution in [2.45, 2.75) is 0 Å². The maximum Gasteiger partial charge on any atom is 0.165 e. The van der Waals surface area contributed by atoms with Gasteiger partial charge in [0.1, 0.15) is 5.69 Å². The molecule has 0 N–H and O–H groups in total. The van der Waals surface area contributed by atoms with Crippen LogP contribution >= 0.6 is 0 Å². The minimum atomic E-state index is 0.824. The summed E-state index contributed by atoms with van der Waals surface area (Å²) < 4.78 is 4.72. The van der Waals surface area contributed by atoms with Gasteiger partial charge in [0, 0.05) is 32.8 Å². The van der Waals surface area contributed by atoms with Gasteiger partial charge in [0.05, 0.1) is 33.1 Å². The molecule has 0 saturated carbocycles. The molecule has 7 aromatic carbocycles. The molecule has 0 saturated heterocycles. The summed E-state index contributed by atoms with van der Waals surface area (Å²) in [5.41, 5.74) is 11.7. The van der Waals surface area contributed by atoms with Crippen LogP contribution in [0.4, 0.5) is 0 Å². The summed E-state index contributed by atoms with van der Waals surface area (Å²) in [7, 11) is 0. The number of fused-ring (bicyclic) bond motifs is 8. The Hall–Kier alpha value is -6.52. The van der Waals surface area contributed by atoms with Gasteiger partial charge in [-0.15, -0.1) is 0 Å². The molecule has 0 aliphatic heterocycles. The van der Waals surface area contributed by atoms with E-state index in [0.717, 1.165) is 44.8 Å². The van der Waals surface area contributed by atoms with E-state index in [1.54, 1.807) is 0 Å². The van der Waals surface area contributed by atoms with E-state index in [4.69, 9.17) is 9.97 Å². The average molecular weight is 613 g/mol. The molecule has 3 aromatic heterocycles. The summed E-state index contributed by atoms with van der Waals surface area (Å²) in [4.78, 5) is 10.5. The van der Waals surface area contributed by atoms with Crippen molar-refractivity contribution in [2.75, 3.05) is 0 Å². The third-order valence-corrected chi connectivity index (χ3v) is 9.49. The van der Waals surface area contributed by atoms with Gasteiger partial charge < -0.3 is 4.57 Å². The standard InChI is InChI=1S/C44H28N4/c1-3-14-29(15-4-1)31-18-13-19-32(28-31)47-37-24-11-7-20-33(37)41-39(47)26-27-40-42(41)34-21-8-12-25-38(34)48(40)44-43(30-16-5-2-6-17-30)45-35-22-9-10-23-36(35)46-44/h1-28H. The van der Waals surface area contributed by atoms with Gasteiger partial charge in [0.25, 0.3) is 0 Å². The third-order valence-electron chi connectivity index (χ3n) is 9.49. The molecule has 48 heavy (non-hydrogen) atoms. The van der Waals surface area contributed by atoms with Crippen LogP contribution in [-0.2, 0) is 0 Å². The van der Waals surface area contributed by atoms with E-state index in [0.29, 0.717) is 0 Å². The van der Waals surface area contributed by atoms with Crippen LogP contribution in [0.25, 0.3) is 88.5 Å². The molecule has 0 unspecified atom stereocenters. The molecule has 3 heterocycles. The van der Waals surface area contributed by atoms with Crippen LogP contribution in [0, 0.1) is 0 Å². The number of para-hydroxylation sites is 4. The van der Waals surface area contributed by atoms with E-state index < -0.39 is 0 Å². The van der Waals surface area contributed by atoms with Gasteiger partial charge >= 0.3 is 0 Å². The predicted octanol–water partition coefficient (Wildman–Crippen LogP) is 11.2. The van der Waals surface area contributed by atoms with E-state index in [2.05, 4.69) is 149 Å². The van der Waals surface area contributed by atoms with Crippen molar-refractivity contribution in [1.29, 1.82) is 0 Å². The number of hydrogen-bond donors (Lipinski definition) is 0. The van der Waals surface area contributed by atoms with Crippen LogP contribution in [0.5, 0.6) is 0 Å². The highest BCUT2D eigenvalue weighted by Gasteiger charge is 2.23. The average Bonchev–Trinajstić information content (AvgIpc) is 3.68. The molecule has 4 heteroatoms. The number of aromatic nitrogens is 4. The molecular formula is C44H28N4. The Morgan fingerprint density at radius 2 is 0.875 bits per heavy atom. The second kappa shape index (κ2) is 10.5. The summed E-state index contributed by atoms with van der Waals surface area (Å²) in [6.07, 6.45) is 0. The second-order valence-corrected chi connectivity index (χ2v) is 12.2. The van der Waals surface area contributed by atoms with Crippen molar-refractivity contribution in [3.8, 4) is 33.9 Å². The van der Waals surface area contributed by atoms with Gasteiger partial charge in [-0.2, -0.15) is 0 Å². The fourth-order valence-corrected chi connectivity index (χ4v) is 7.42. The van der Waals surface area contributed by atoms with Crippen molar-refractivity contribution in [3.05, 3.63) is 170 Å².